The smallest absolute Gasteiger partial charge is 0.224 e. The van der Waals surface area contributed by atoms with Crippen LogP contribution < -0.4 is 0 Å². The predicted octanol–water partition coefficient (Wildman–Crippen LogP) is 2.49. The van der Waals surface area contributed by atoms with Gasteiger partial charge in [0.15, 0.2) is 8.32 Å². The molecule has 4 heteroatoms. The Morgan fingerprint density at radius 3 is 2.56 bits per heavy atom. The van der Waals surface area contributed by atoms with Gasteiger partial charge in [-0.1, -0.05) is 20.8 Å². The summed E-state index contributed by atoms with van der Waals surface area (Å²) >= 11 is 0. The Morgan fingerprint density at radius 2 is 2.11 bits per heavy atom. The number of nitrogens with zero attached hydrogens (tertiary/aromatic N) is 1. The van der Waals surface area contributed by atoms with E-state index in [0.717, 1.165) is 0 Å². The molecule has 1 unspecified atom stereocenters. The molecule has 0 aromatic rings. The Bertz CT molecular complexity index is 352. The quantitative estimate of drug-likeness (QED) is 0.578. The number of hydrogen-bond acceptors (Lipinski definition) is 2. The van der Waals surface area contributed by atoms with Gasteiger partial charge in [-0.3, -0.25) is 4.79 Å². The third-order valence-corrected chi connectivity index (χ3v) is 8.62. The van der Waals surface area contributed by atoms with Crippen molar-refractivity contribution < 1.29 is 9.22 Å². The van der Waals surface area contributed by atoms with Crippen molar-refractivity contribution in [3.63, 3.8) is 0 Å². The lowest BCUT2D eigenvalue weighted by molar-refractivity contribution is -0.128. The highest BCUT2D eigenvalue weighted by Gasteiger charge is 2.37. The van der Waals surface area contributed by atoms with Crippen LogP contribution in [0, 0.1) is 18.3 Å². The van der Waals surface area contributed by atoms with Gasteiger partial charge in [0.25, 0.3) is 0 Å². The lowest BCUT2D eigenvalue weighted by Gasteiger charge is -2.36. The Labute approximate surface area is 112 Å². The molecule has 0 N–H and O–H groups in total. The molecule has 1 fully saturated rings. The largest absolute Gasteiger partial charge is 0.415 e. The van der Waals surface area contributed by atoms with E-state index in [0.29, 0.717) is 26.1 Å². The molecule has 0 aromatic carbocycles. The van der Waals surface area contributed by atoms with Gasteiger partial charge in [-0.05, 0) is 18.1 Å². The number of amides is 1. The summed E-state index contributed by atoms with van der Waals surface area (Å²) in [6, 6.07) is 0. The van der Waals surface area contributed by atoms with Crippen molar-refractivity contribution in [2.45, 2.75) is 45.3 Å². The first-order valence-corrected chi connectivity index (χ1v) is 9.46. The molecule has 0 radical (unpaired) electrons. The maximum Gasteiger partial charge on any atom is 0.224 e. The number of rotatable bonds is 4. The minimum Gasteiger partial charge on any atom is -0.415 e. The fourth-order valence-electron chi connectivity index (χ4n) is 1.73. The molecule has 102 valence electrons. The molecule has 0 aromatic heterocycles. The van der Waals surface area contributed by atoms with E-state index < -0.39 is 8.32 Å². The average Bonchev–Trinajstić information content (AvgIpc) is 2.58. The first-order chi connectivity index (χ1) is 8.17. The standard InChI is InChI=1S/C14H25NO2Si/c1-7-12-10-13(16)15(11-12)8-9-17-18(5,6)14(2,3)4/h1,12H,8-11H2,2-6H3. The van der Waals surface area contributed by atoms with Crippen LogP contribution in [0.5, 0.6) is 0 Å². The highest BCUT2D eigenvalue weighted by atomic mass is 28.4. The van der Waals surface area contributed by atoms with Crippen molar-refractivity contribution in [3.05, 3.63) is 0 Å². The third kappa shape index (κ3) is 3.60. The van der Waals surface area contributed by atoms with Crippen molar-refractivity contribution in [3.8, 4) is 12.3 Å². The van der Waals surface area contributed by atoms with Crippen molar-refractivity contribution in [2.75, 3.05) is 19.7 Å². The molecule has 0 bridgehead atoms. The molecular formula is C14H25NO2Si. The van der Waals surface area contributed by atoms with Gasteiger partial charge in [0, 0.05) is 25.4 Å². The summed E-state index contributed by atoms with van der Waals surface area (Å²) in [6.07, 6.45) is 5.86. The van der Waals surface area contributed by atoms with Crippen molar-refractivity contribution >= 4 is 14.2 Å². The summed E-state index contributed by atoms with van der Waals surface area (Å²) in [7, 11) is -1.70. The van der Waals surface area contributed by atoms with Crippen LogP contribution >= 0.6 is 0 Å². The van der Waals surface area contributed by atoms with Gasteiger partial charge in [0.1, 0.15) is 0 Å². The zero-order valence-electron chi connectivity index (χ0n) is 12.2. The summed E-state index contributed by atoms with van der Waals surface area (Å²) in [6.45, 7) is 13.1. The van der Waals surface area contributed by atoms with Crippen LogP contribution in [-0.2, 0) is 9.22 Å². The summed E-state index contributed by atoms with van der Waals surface area (Å²) in [4.78, 5) is 13.5. The summed E-state index contributed by atoms with van der Waals surface area (Å²) in [5.41, 5.74) is 0. The van der Waals surface area contributed by atoms with Crippen LogP contribution in [0.4, 0.5) is 0 Å². The van der Waals surface area contributed by atoms with Crippen LogP contribution in [0.1, 0.15) is 27.2 Å². The van der Waals surface area contributed by atoms with Crippen molar-refractivity contribution in [1.82, 2.24) is 4.90 Å². The number of likely N-dealkylation sites (tertiary alicyclic amines) is 1. The van der Waals surface area contributed by atoms with E-state index in [9.17, 15) is 4.79 Å². The van der Waals surface area contributed by atoms with E-state index in [-0.39, 0.29) is 16.9 Å². The molecule has 1 aliphatic rings. The molecule has 1 atom stereocenters. The molecule has 1 aliphatic heterocycles. The zero-order chi connectivity index (χ0) is 14.0. The van der Waals surface area contributed by atoms with Crippen LogP contribution in [0.25, 0.3) is 0 Å². The number of carbonyl (C=O) groups excluding carboxylic acids is 1. The number of hydrogen-bond donors (Lipinski definition) is 0. The normalized spacial score (nSPS) is 21.2. The Morgan fingerprint density at radius 1 is 1.50 bits per heavy atom. The predicted molar refractivity (Wildman–Crippen MR) is 76.7 cm³/mol. The highest BCUT2D eigenvalue weighted by Crippen LogP contribution is 2.36. The van der Waals surface area contributed by atoms with Crippen molar-refractivity contribution in [1.29, 1.82) is 0 Å². The molecule has 1 saturated heterocycles. The second-order valence-electron chi connectivity index (χ2n) is 6.52. The average molecular weight is 267 g/mol. The molecule has 1 heterocycles. The first-order valence-electron chi connectivity index (χ1n) is 6.55. The van der Waals surface area contributed by atoms with E-state index in [1.165, 1.54) is 0 Å². The second kappa shape index (κ2) is 5.46. The molecule has 3 nitrogen and oxygen atoms in total. The summed E-state index contributed by atoms with van der Waals surface area (Å²) in [5, 5.41) is 0.212. The maximum atomic E-state index is 11.7. The minimum atomic E-state index is -1.70. The topological polar surface area (TPSA) is 29.5 Å². The van der Waals surface area contributed by atoms with Gasteiger partial charge >= 0.3 is 0 Å². The molecule has 0 saturated carbocycles. The SMILES string of the molecule is C#CC1CC(=O)N(CCO[Si](C)(C)C(C)(C)C)C1. The van der Waals surface area contributed by atoms with Gasteiger partial charge in [0.2, 0.25) is 5.91 Å². The van der Waals surface area contributed by atoms with Gasteiger partial charge in [0.05, 0.1) is 6.61 Å². The first kappa shape index (κ1) is 15.3. The molecule has 0 spiro atoms. The number of carbonyl (C=O) groups is 1. The monoisotopic (exact) mass is 267 g/mol. The summed E-state index contributed by atoms with van der Waals surface area (Å²) in [5.74, 6) is 2.91. The van der Waals surface area contributed by atoms with Gasteiger partial charge in [-0.15, -0.1) is 12.3 Å². The molecule has 0 aliphatic carbocycles. The van der Waals surface area contributed by atoms with Crippen molar-refractivity contribution in [2.24, 2.45) is 5.92 Å². The molecule has 18 heavy (non-hydrogen) atoms. The van der Waals surface area contributed by atoms with Crippen LogP contribution in [0.2, 0.25) is 18.1 Å². The maximum absolute atomic E-state index is 11.7. The van der Waals surface area contributed by atoms with Gasteiger partial charge in [-0.2, -0.15) is 0 Å². The van der Waals surface area contributed by atoms with E-state index in [4.69, 9.17) is 10.8 Å². The van der Waals surface area contributed by atoms with E-state index in [1.54, 1.807) is 0 Å². The van der Waals surface area contributed by atoms with E-state index >= 15 is 0 Å². The Hall–Kier alpha value is -0.793. The fourth-order valence-corrected chi connectivity index (χ4v) is 2.76. The third-order valence-electron chi connectivity index (χ3n) is 4.08. The van der Waals surface area contributed by atoms with Gasteiger partial charge < -0.3 is 9.33 Å². The molecular weight excluding hydrogens is 242 g/mol. The molecule has 1 amide bonds. The van der Waals surface area contributed by atoms with Crippen LogP contribution in [-0.4, -0.2) is 38.8 Å². The molecule has 1 rings (SSSR count). The minimum absolute atomic E-state index is 0.0883. The highest BCUT2D eigenvalue weighted by molar-refractivity contribution is 6.74. The zero-order valence-corrected chi connectivity index (χ0v) is 13.2. The van der Waals surface area contributed by atoms with Crippen LogP contribution in [0.3, 0.4) is 0 Å². The Kier molecular flexibility index (Phi) is 4.63. The second-order valence-corrected chi connectivity index (χ2v) is 11.3. The van der Waals surface area contributed by atoms with Gasteiger partial charge in [-0.25, -0.2) is 0 Å². The van der Waals surface area contributed by atoms with E-state index in [1.807, 2.05) is 4.90 Å². The van der Waals surface area contributed by atoms with E-state index in [2.05, 4.69) is 39.8 Å². The lowest BCUT2D eigenvalue weighted by Crippen LogP contribution is -2.43. The summed E-state index contributed by atoms with van der Waals surface area (Å²) < 4.78 is 6.07. The number of terminal acetylenes is 1. The van der Waals surface area contributed by atoms with Crippen LogP contribution in [0.15, 0.2) is 0 Å². The Balaban J connectivity index is 2.40. The lowest BCUT2D eigenvalue weighted by atomic mass is 10.1. The fraction of sp³-hybridized carbons (Fsp3) is 0.786.